The van der Waals surface area contributed by atoms with Crippen LogP contribution in [0.25, 0.3) is 10.9 Å². The van der Waals surface area contributed by atoms with Gasteiger partial charge in [-0.05, 0) is 84.8 Å². The molecule has 3 aromatic carbocycles. The van der Waals surface area contributed by atoms with E-state index in [1.807, 2.05) is 52.1 Å². The summed E-state index contributed by atoms with van der Waals surface area (Å²) in [5, 5.41) is 18.6. The van der Waals surface area contributed by atoms with Gasteiger partial charge in [0.25, 0.3) is 0 Å². The van der Waals surface area contributed by atoms with Crippen LogP contribution < -0.4 is 0 Å². The average molecular weight is 510 g/mol. The highest BCUT2D eigenvalue weighted by molar-refractivity contribution is 6.18. The highest BCUT2D eigenvalue weighted by Crippen LogP contribution is 2.26. The standard InChI is InChI=1S/C21H19N3.C10H11F.C2H6.CH4/c1-4-16-10-19-18(9-13(16)2)20(14(3)12-24-19)21(23)17-7-5-15(11-22)6-8-17;1-3-8(2)9-4-6-10(11)7-5-9;1-2;/h5-10,12,23H,4H2,1-3H3;3-8H,1H2,2H3;1-2H3;1H4. The molecule has 0 aliphatic heterocycles. The fourth-order valence-electron chi connectivity index (χ4n) is 3.96. The quantitative estimate of drug-likeness (QED) is 0.215. The first-order chi connectivity index (χ1) is 17.8. The predicted molar refractivity (Wildman–Crippen MR) is 161 cm³/mol. The minimum absolute atomic E-state index is 0. The number of allylic oxidation sites excluding steroid dienone is 1. The molecule has 0 aliphatic rings. The van der Waals surface area contributed by atoms with E-state index in [0.717, 1.165) is 39.6 Å². The second-order valence-corrected chi connectivity index (χ2v) is 8.61. The van der Waals surface area contributed by atoms with Crippen LogP contribution in [-0.4, -0.2) is 10.7 Å². The molecule has 0 saturated heterocycles. The summed E-state index contributed by atoms with van der Waals surface area (Å²) in [5.41, 5.74) is 8.32. The Labute approximate surface area is 228 Å². The molecule has 4 aromatic rings. The first-order valence-electron chi connectivity index (χ1n) is 12.6. The van der Waals surface area contributed by atoms with Gasteiger partial charge in [-0.15, -0.1) is 6.58 Å². The van der Waals surface area contributed by atoms with Crippen molar-refractivity contribution in [1.29, 1.82) is 10.7 Å². The summed E-state index contributed by atoms with van der Waals surface area (Å²) in [6.45, 7) is 15.9. The number of halogens is 1. The van der Waals surface area contributed by atoms with Crippen LogP contribution in [0, 0.1) is 36.4 Å². The first-order valence-corrected chi connectivity index (χ1v) is 12.6. The number of aryl methyl sites for hydroxylation is 3. The van der Waals surface area contributed by atoms with Gasteiger partial charge in [-0.25, -0.2) is 4.39 Å². The molecule has 0 spiro atoms. The Morgan fingerprint density at radius 2 is 1.66 bits per heavy atom. The van der Waals surface area contributed by atoms with Gasteiger partial charge in [-0.3, -0.25) is 10.4 Å². The Morgan fingerprint density at radius 1 is 1.05 bits per heavy atom. The number of pyridine rings is 1. The van der Waals surface area contributed by atoms with Crippen molar-refractivity contribution in [2.45, 2.75) is 61.3 Å². The van der Waals surface area contributed by atoms with Crippen LogP contribution in [-0.2, 0) is 6.42 Å². The zero-order valence-corrected chi connectivity index (χ0v) is 22.7. The fraction of sp³-hybridized carbons (Fsp3) is 0.265. The minimum Gasteiger partial charge on any atom is -0.300 e. The normalized spacial score (nSPS) is 10.5. The Balaban J connectivity index is 0.000000436. The number of fused-ring (bicyclic) bond motifs is 1. The molecule has 1 atom stereocenters. The van der Waals surface area contributed by atoms with Crippen LogP contribution in [0.4, 0.5) is 4.39 Å². The Hall–Kier alpha value is -4.10. The van der Waals surface area contributed by atoms with Crippen molar-refractivity contribution in [2.75, 3.05) is 0 Å². The van der Waals surface area contributed by atoms with E-state index in [1.165, 1.54) is 23.3 Å². The molecule has 0 bridgehead atoms. The lowest BCUT2D eigenvalue weighted by atomic mass is 9.92. The molecule has 38 heavy (non-hydrogen) atoms. The summed E-state index contributed by atoms with van der Waals surface area (Å²) in [5.74, 6) is 0.112. The van der Waals surface area contributed by atoms with E-state index in [9.17, 15) is 4.39 Å². The highest BCUT2D eigenvalue weighted by Gasteiger charge is 2.14. The Morgan fingerprint density at radius 3 is 2.18 bits per heavy atom. The van der Waals surface area contributed by atoms with Crippen LogP contribution in [0.5, 0.6) is 0 Å². The number of nitriles is 1. The summed E-state index contributed by atoms with van der Waals surface area (Å²) in [6.07, 6.45) is 4.65. The maximum Gasteiger partial charge on any atom is 0.123 e. The van der Waals surface area contributed by atoms with Crippen molar-refractivity contribution in [3.05, 3.63) is 124 Å². The summed E-state index contributed by atoms with van der Waals surface area (Å²) >= 11 is 0. The molecule has 0 fully saturated rings. The summed E-state index contributed by atoms with van der Waals surface area (Å²) in [4.78, 5) is 4.55. The van der Waals surface area contributed by atoms with Gasteiger partial charge in [0.05, 0.1) is 22.9 Å². The number of benzene rings is 3. The fourth-order valence-corrected chi connectivity index (χ4v) is 3.96. The third-order valence-corrected chi connectivity index (χ3v) is 6.20. The molecule has 1 unspecified atom stereocenters. The minimum atomic E-state index is -0.190. The zero-order chi connectivity index (χ0) is 27.5. The lowest BCUT2D eigenvalue weighted by molar-refractivity contribution is 0.626. The van der Waals surface area contributed by atoms with Gasteiger partial charge in [-0.1, -0.05) is 65.5 Å². The summed E-state index contributed by atoms with van der Waals surface area (Å²) in [7, 11) is 0. The number of nitrogens with one attached hydrogen (secondary N) is 1. The molecule has 0 saturated carbocycles. The monoisotopic (exact) mass is 509 g/mol. The molecule has 1 N–H and O–H groups in total. The van der Waals surface area contributed by atoms with Gasteiger partial charge in [0.1, 0.15) is 5.82 Å². The molecular formula is C34H40FN3. The Kier molecular flexibility index (Phi) is 12.8. The van der Waals surface area contributed by atoms with Gasteiger partial charge in [0.15, 0.2) is 0 Å². The van der Waals surface area contributed by atoms with Crippen molar-refractivity contribution < 1.29 is 4.39 Å². The lowest BCUT2D eigenvalue weighted by Crippen LogP contribution is -2.06. The third kappa shape index (κ3) is 7.70. The molecule has 0 amide bonds. The number of nitrogens with zero attached hydrogens (tertiary/aromatic N) is 2. The van der Waals surface area contributed by atoms with E-state index in [1.54, 1.807) is 24.3 Å². The van der Waals surface area contributed by atoms with E-state index in [0.29, 0.717) is 17.2 Å². The lowest BCUT2D eigenvalue weighted by Gasteiger charge is -2.14. The topological polar surface area (TPSA) is 60.5 Å². The molecule has 1 aromatic heterocycles. The van der Waals surface area contributed by atoms with Crippen molar-refractivity contribution >= 4 is 16.6 Å². The van der Waals surface area contributed by atoms with Gasteiger partial charge in [0.2, 0.25) is 0 Å². The van der Waals surface area contributed by atoms with E-state index in [2.05, 4.69) is 43.6 Å². The number of hydrogen-bond acceptors (Lipinski definition) is 3. The predicted octanol–water partition coefficient (Wildman–Crippen LogP) is 9.48. The second-order valence-electron chi connectivity index (χ2n) is 8.61. The summed E-state index contributed by atoms with van der Waals surface area (Å²) < 4.78 is 12.4. The van der Waals surface area contributed by atoms with Crippen LogP contribution in [0.2, 0.25) is 0 Å². The van der Waals surface area contributed by atoms with Crippen LogP contribution in [0.3, 0.4) is 0 Å². The molecule has 198 valence electrons. The maximum atomic E-state index is 12.4. The first kappa shape index (κ1) is 31.9. The largest absolute Gasteiger partial charge is 0.300 e. The van der Waals surface area contributed by atoms with E-state index in [4.69, 9.17) is 10.7 Å². The SMILES string of the molecule is C.C=CC(C)c1ccc(F)cc1.CC.CCc1cc2ncc(C)c(C(=N)c3ccc(C#N)cc3)c2cc1C. The zero-order valence-electron chi connectivity index (χ0n) is 22.7. The molecule has 3 nitrogen and oxygen atoms in total. The van der Waals surface area contributed by atoms with Crippen molar-refractivity contribution in [2.24, 2.45) is 0 Å². The number of rotatable bonds is 5. The van der Waals surface area contributed by atoms with Crippen LogP contribution in [0.15, 0.2) is 79.5 Å². The van der Waals surface area contributed by atoms with Crippen molar-refractivity contribution in [3.8, 4) is 6.07 Å². The average Bonchev–Trinajstić information content (AvgIpc) is 2.94. The number of hydrogen-bond donors (Lipinski definition) is 1. The Bertz CT molecular complexity index is 1400. The van der Waals surface area contributed by atoms with Gasteiger partial charge in [0, 0.05) is 22.7 Å². The van der Waals surface area contributed by atoms with Gasteiger partial charge < -0.3 is 0 Å². The van der Waals surface area contributed by atoms with E-state index >= 15 is 0 Å². The van der Waals surface area contributed by atoms with Gasteiger partial charge >= 0.3 is 0 Å². The second kappa shape index (κ2) is 15.2. The van der Waals surface area contributed by atoms with Crippen LogP contribution in [0.1, 0.15) is 80.0 Å². The van der Waals surface area contributed by atoms with Crippen molar-refractivity contribution in [1.82, 2.24) is 4.98 Å². The summed E-state index contributed by atoms with van der Waals surface area (Å²) in [6, 6.07) is 20.0. The van der Waals surface area contributed by atoms with E-state index < -0.39 is 0 Å². The molecule has 4 rings (SSSR count). The maximum absolute atomic E-state index is 12.4. The highest BCUT2D eigenvalue weighted by atomic mass is 19.1. The number of aromatic nitrogens is 1. The molecule has 4 heteroatoms. The molecule has 0 aliphatic carbocycles. The third-order valence-electron chi connectivity index (χ3n) is 6.20. The van der Waals surface area contributed by atoms with Crippen LogP contribution >= 0.6 is 0 Å². The van der Waals surface area contributed by atoms with Crippen molar-refractivity contribution in [3.63, 3.8) is 0 Å². The smallest absolute Gasteiger partial charge is 0.123 e. The molecule has 0 radical (unpaired) electrons. The molecule has 1 heterocycles. The van der Waals surface area contributed by atoms with E-state index in [-0.39, 0.29) is 13.2 Å². The van der Waals surface area contributed by atoms with Gasteiger partial charge in [-0.2, -0.15) is 5.26 Å². The molecular weight excluding hydrogens is 469 g/mol.